The van der Waals surface area contributed by atoms with Crippen molar-refractivity contribution < 1.29 is 4.79 Å². The van der Waals surface area contributed by atoms with Crippen LogP contribution in [0.25, 0.3) is 6.08 Å². The Morgan fingerprint density at radius 1 is 1.36 bits per heavy atom. The highest BCUT2D eigenvalue weighted by Crippen LogP contribution is 2.25. The summed E-state index contributed by atoms with van der Waals surface area (Å²) in [4.78, 5) is 11.6. The molecule has 14 heavy (non-hydrogen) atoms. The SMILES string of the molecule is CCCC(=O)C1=Cc2ccccc2C1. The third-order valence-electron chi connectivity index (χ3n) is 2.60. The zero-order valence-electron chi connectivity index (χ0n) is 8.42. The number of fused-ring (bicyclic) bond motifs is 1. The lowest BCUT2D eigenvalue weighted by molar-refractivity contribution is -0.115. The van der Waals surface area contributed by atoms with E-state index in [4.69, 9.17) is 0 Å². The Morgan fingerprint density at radius 3 is 2.86 bits per heavy atom. The Kier molecular flexibility index (Phi) is 2.49. The molecule has 1 aliphatic carbocycles. The van der Waals surface area contributed by atoms with E-state index in [0.29, 0.717) is 12.2 Å². The summed E-state index contributed by atoms with van der Waals surface area (Å²) in [6.45, 7) is 2.04. The topological polar surface area (TPSA) is 17.1 Å². The third kappa shape index (κ3) is 1.63. The van der Waals surface area contributed by atoms with Crippen LogP contribution in [0, 0.1) is 0 Å². The van der Waals surface area contributed by atoms with Crippen LogP contribution in [-0.2, 0) is 11.2 Å². The van der Waals surface area contributed by atoms with Gasteiger partial charge in [0.2, 0.25) is 0 Å². The van der Waals surface area contributed by atoms with Gasteiger partial charge in [-0.1, -0.05) is 31.2 Å². The van der Waals surface area contributed by atoms with Gasteiger partial charge in [-0.3, -0.25) is 4.79 Å². The summed E-state index contributed by atoms with van der Waals surface area (Å²) in [5.41, 5.74) is 3.48. The van der Waals surface area contributed by atoms with E-state index >= 15 is 0 Å². The van der Waals surface area contributed by atoms with Crippen molar-refractivity contribution in [3.63, 3.8) is 0 Å². The molecule has 0 aromatic heterocycles. The maximum atomic E-state index is 11.6. The molecule has 0 spiro atoms. The van der Waals surface area contributed by atoms with Crippen LogP contribution in [0.15, 0.2) is 29.8 Å². The summed E-state index contributed by atoms with van der Waals surface area (Å²) in [5, 5.41) is 0. The Labute approximate surface area is 84.5 Å². The molecule has 1 aliphatic rings. The average Bonchev–Trinajstić information content (AvgIpc) is 2.61. The van der Waals surface area contributed by atoms with E-state index in [9.17, 15) is 4.79 Å². The molecule has 0 bridgehead atoms. The van der Waals surface area contributed by atoms with Crippen molar-refractivity contribution in [2.24, 2.45) is 0 Å². The Balaban J connectivity index is 2.19. The minimum absolute atomic E-state index is 0.309. The van der Waals surface area contributed by atoms with E-state index in [2.05, 4.69) is 12.1 Å². The quantitative estimate of drug-likeness (QED) is 0.709. The van der Waals surface area contributed by atoms with E-state index in [0.717, 1.165) is 18.4 Å². The van der Waals surface area contributed by atoms with Gasteiger partial charge in [-0.05, 0) is 23.6 Å². The molecule has 0 N–H and O–H groups in total. The second-order valence-electron chi connectivity index (χ2n) is 3.72. The second-order valence-corrected chi connectivity index (χ2v) is 3.72. The lowest BCUT2D eigenvalue weighted by atomic mass is 10.1. The first-order valence-corrected chi connectivity index (χ1v) is 5.13. The van der Waals surface area contributed by atoms with Crippen molar-refractivity contribution in [3.8, 4) is 0 Å². The number of allylic oxidation sites excluding steroid dienone is 1. The van der Waals surface area contributed by atoms with E-state index < -0.39 is 0 Å². The molecule has 0 fully saturated rings. The predicted octanol–water partition coefficient (Wildman–Crippen LogP) is 3.00. The van der Waals surface area contributed by atoms with Crippen molar-refractivity contribution in [2.45, 2.75) is 26.2 Å². The number of hydrogen-bond acceptors (Lipinski definition) is 1. The third-order valence-corrected chi connectivity index (χ3v) is 2.60. The van der Waals surface area contributed by atoms with Crippen molar-refractivity contribution in [1.82, 2.24) is 0 Å². The van der Waals surface area contributed by atoms with E-state index in [1.807, 2.05) is 25.1 Å². The monoisotopic (exact) mass is 186 g/mol. The van der Waals surface area contributed by atoms with Gasteiger partial charge >= 0.3 is 0 Å². The first-order valence-electron chi connectivity index (χ1n) is 5.13. The zero-order chi connectivity index (χ0) is 9.97. The maximum absolute atomic E-state index is 11.6. The summed E-state index contributed by atoms with van der Waals surface area (Å²) in [6.07, 6.45) is 4.48. The number of carbonyl (C=O) groups is 1. The van der Waals surface area contributed by atoms with Gasteiger partial charge in [-0.2, -0.15) is 0 Å². The van der Waals surface area contributed by atoms with E-state index in [-0.39, 0.29) is 0 Å². The van der Waals surface area contributed by atoms with Gasteiger partial charge in [-0.15, -0.1) is 0 Å². The summed E-state index contributed by atoms with van der Waals surface area (Å²) in [6, 6.07) is 8.21. The zero-order valence-corrected chi connectivity index (χ0v) is 8.42. The van der Waals surface area contributed by atoms with Gasteiger partial charge in [0.1, 0.15) is 0 Å². The fourth-order valence-corrected chi connectivity index (χ4v) is 1.85. The van der Waals surface area contributed by atoms with Crippen LogP contribution >= 0.6 is 0 Å². The minimum atomic E-state index is 0.309. The van der Waals surface area contributed by atoms with Crippen LogP contribution < -0.4 is 0 Å². The van der Waals surface area contributed by atoms with Crippen molar-refractivity contribution in [1.29, 1.82) is 0 Å². The Morgan fingerprint density at radius 2 is 2.14 bits per heavy atom. The van der Waals surface area contributed by atoms with Gasteiger partial charge in [0.25, 0.3) is 0 Å². The molecule has 0 saturated heterocycles. The average molecular weight is 186 g/mol. The summed E-state index contributed by atoms with van der Waals surface area (Å²) >= 11 is 0. The van der Waals surface area contributed by atoms with Crippen LogP contribution in [0.1, 0.15) is 30.9 Å². The van der Waals surface area contributed by atoms with Gasteiger partial charge in [-0.25, -0.2) is 0 Å². The lowest BCUT2D eigenvalue weighted by Crippen LogP contribution is -2.01. The summed E-state index contributed by atoms with van der Waals surface area (Å²) in [5.74, 6) is 0.309. The Hall–Kier alpha value is -1.37. The number of rotatable bonds is 3. The van der Waals surface area contributed by atoms with Crippen LogP contribution in [0.2, 0.25) is 0 Å². The highest BCUT2D eigenvalue weighted by molar-refractivity contribution is 6.01. The minimum Gasteiger partial charge on any atom is -0.295 e. The molecule has 2 rings (SSSR count). The van der Waals surface area contributed by atoms with Gasteiger partial charge in [0.05, 0.1) is 0 Å². The lowest BCUT2D eigenvalue weighted by Gasteiger charge is -1.98. The van der Waals surface area contributed by atoms with Crippen LogP contribution in [-0.4, -0.2) is 5.78 Å². The molecule has 1 heteroatoms. The first-order chi connectivity index (χ1) is 6.81. The smallest absolute Gasteiger partial charge is 0.159 e. The standard InChI is InChI=1S/C13H14O/c1-2-5-13(14)12-8-10-6-3-4-7-11(10)9-12/h3-4,6-8H,2,5,9H2,1H3. The normalized spacial score (nSPS) is 13.6. The summed E-state index contributed by atoms with van der Waals surface area (Å²) in [7, 11) is 0. The van der Waals surface area contributed by atoms with Crippen LogP contribution in [0.3, 0.4) is 0 Å². The van der Waals surface area contributed by atoms with Crippen molar-refractivity contribution >= 4 is 11.9 Å². The van der Waals surface area contributed by atoms with Gasteiger partial charge < -0.3 is 0 Å². The number of ketones is 1. The molecule has 1 nitrogen and oxygen atoms in total. The highest BCUT2D eigenvalue weighted by atomic mass is 16.1. The molecule has 72 valence electrons. The molecule has 0 saturated carbocycles. The number of Topliss-reactive ketones (excluding diaryl/α,β-unsaturated/α-hetero) is 1. The molecule has 0 heterocycles. The molecule has 0 unspecified atom stereocenters. The second kappa shape index (κ2) is 3.79. The summed E-state index contributed by atoms with van der Waals surface area (Å²) < 4.78 is 0. The first kappa shape index (κ1) is 9.20. The van der Waals surface area contributed by atoms with Crippen molar-refractivity contribution in [3.05, 3.63) is 41.0 Å². The van der Waals surface area contributed by atoms with Crippen molar-refractivity contribution in [2.75, 3.05) is 0 Å². The fraction of sp³-hybridized carbons (Fsp3) is 0.308. The molecule has 0 atom stereocenters. The fourth-order valence-electron chi connectivity index (χ4n) is 1.85. The maximum Gasteiger partial charge on any atom is 0.159 e. The van der Waals surface area contributed by atoms with Crippen LogP contribution in [0.4, 0.5) is 0 Å². The van der Waals surface area contributed by atoms with E-state index in [1.165, 1.54) is 11.1 Å². The van der Waals surface area contributed by atoms with Gasteiger partial charge in [0.15, 0.2) is 5.78 Å². The molecule has 1 aromatic carbocycles. The molecule has 1 aromatic rings. The van der Waals surface area contributed by atoms with Crippen LogP contribution in [0.5, 0.6) is 0 Å². The molecule has 0 radical (unpaired) electrons. The van der Waals surface area contributed by atoms with Gasteiger partial charge in [0, 0.05) is 18.4 Å². The molecule has 0 aliphatic heterocycles. The number of carbonyl (C=O) groups excluding carboxylic acids is 1. The molecular formula is C13H14O. The molecule has 0 amide bonds. The highest BCUT2D eigenvalue weighted by Gasteiger charge is 2.16. The molecular weight excluding hydrogens is 172 g/mol. The largest absolute Gasteiger partial charge is 0.295 e. The van der Waals surface area contributed by atoms with E-state index in [1.54, 1.807) is 0 Å². The number of hydrogen-bond donors (Lipinski definition) is 0. The Bertz CT molecular complexity index is 388. The predicted molar refractivity (Wildman–Crippen MR) is 58.0 cm³/mol. The number of benzene rings is 1.